The number of hydrogen-bond acceptors (Lipinski definition) is 3. The summed E-state index contributed by atoms with van der Waals surface area (Å²) in [5, 5.41) is 3.24. The molecular formula is C16H17BrFNO2. The van der Waals surface area contributed by atoms with E-state index in [2.05, 4.69) is 21.2 Å². The Balaban J connectivity index is 2.11. The lowest BCUT2D eigenvalue weighted by Crippen LogP contribution is -2.02. The number of ether oxygens (including phenoxy) is 2. The Morgan fingerprint density at radius 1 is 1.14 bits per heavy atom. The van der Waals surface area contributed by atoms with Gasteiger partial charge in [0.25, 0.3) is 0 Å². The van der Waals surface area contributed by atoms with E-state index in [0.717, 1.165) is 15.7 Å². The fraction of sp³-hybridized carbons (Fsp3) is 0.250. The minimum atomic E-state index is -0.251. The van der Waals surface area contributed by atoms with Crippen LogP contribution in [0.3, 0.4) is 0 Å². The summed E-state index contributed by atoms with van der Waals surface area (Å²) >= 11 is 3.41. The first-order chi connectivity index (χ1) is 10.1. The summed E-state index contributed by atoms with van der Waals surface area (Å²) in [5.41, 5.74) is 1.73. The molecule has 2 aromatic rings. The van der Waals surface area contributed by atoms with Gasteiger partial charge in [-0.3, -0.25) is 0 Å². The average Bonchev–Trinajstić information content (AvgIpc) is 2.49. The second-order valence-corrected chi connectivity index (χ2v) is 5.24. The van der Waals surface area contributed by atoms with Crippen LogP contribution in [-0.2, 0) is 6.54 Å². The van der Waals surface area contributed by atoms with Crippen molar-refractivity contribution in [2.24, 2.45) is 0 Å². The Labute approximate surface area is 132 Å². The van der Waals surface area contributed by atoms with Gasteiger partial charge in [-0.2, -0.15) is 0 Å². The summed E-state index contributed by atoms with van der Waals surface area (Å²) in [4.78, 5) is 0. The summed E-state index contributed by atoms with van der Waals surface area (Å²) in [7, 11) is 1.60. The van der Waals surface area contributed by atoms with E-state index in [-0.39, 0.29) is 5.82 Å². The highest BCUT2D eigenvalue weighted by molar-refractivity contribution is 9.10. The van der Waals surface area contributed by atoms with Crippen molar-refractivity contribution in [3.8, 4) is 11.5 Å². The van der Waals surface area contributed by atoms with E-state index in [9.17, 15) is 4.39 Å². The fourth-order valence-corrected chi connectivity index (χ4v) is 2.32. The number of nitrogens with one attached hydrogen (secondary N) is 1. The Hall–Kier alpha value is -1.75. The van der Waals surface area contributed by atoms with E-state index in [1.54, 1.807) is 13.2 Å². The summed E-state index contributed by atoms with van der Waals surface area (Å²) in [5.74, 6) is 1.12. The third-order valence-corrected chi connectivity index (χ3v) is 3.73. The molecule has 21 heavy (non-hydrogen) atoms. The van der Waals surface area contributed by atoms with Crippen LogP contribution in [0.5, 0.6) is 11.5 Å². The molecule has 0 amide bonds. The van der Waals surface area contributed by atoms with Gasteiger partial charge in [-0.15, -0.1) is 0 Å². The largest absolute Gasteiger partial charge is 0.493 e. The zero-order valence-corrected chi connectivity index (χ0v) is 13.5. The smallest absolute Gasteiger partial charge is 0.162 e. The molecule has 0 aliphatic carbocycles. The van der Waals surface area contributed by atoms with Crippen molar-refractivity contribution in [3.05, 3.63) is 52.3 Å². The van der Waals surface area contributed by atoms with Gasteiger partial charge in [0.2, 0.25) is 0 Å². The molecule has 0 aliphatic rings. The fourth-order valence-electron chi connectivity index (χ4n) is 1.93. The molecule has 112 valence electrons. The van der Waals surface area contributed by atoms with E-state index in [1.165, 1.54) is 12.1 Å². The molecule has 0 bridgehead atoms. The minimum absolute atomic E-state index is 0.251. The van der Waals surface area contributed by atoms with Crippen LogP contribution < -0.4 is 14.8 Å². The van der Waals surface area contributed by atoms with Crippen molar-refractivity contribution in [1.82, 2.24) is 0 Å². The summed E-state index contributed by atoms with van der Waals surface area (Å²) in [6.07, 6.45) is 0. The number of halogens is 2. The molecule has 0 unspecified atom stereocenters. The van der Waals surface area contributed by atoms with Crippen LogP contribution in [0.4, 0.5) is 10.1 Å². The third-order valence-electron chi connectivity index (χ3n) is 2.95. The molecule has 0 radical (unpaired) electrons. The van der Waals surface area contributed by atoms with Gasteiger partial charge < -0.3 is 14.8 Å². The molecule has 0 atom stereocenters. The third kappa shape index (κ3) is 4.11. The van der Waals surface area contributed by atoms with Gasteiger partial charge in [-0.05, 0) is 42.8 Å². The predicted molar refractivity (Wildman–Crippen MR) is 85.6 cm³/mol. The first-order valence-electron chi connectivity index (χ1n) is 6.62. The maximum Gasteiger partial charge on any atom is 0.162 e. The first-order valence-corrected chi connectivity index (χ1v) is 7.42. The van der Waals surface area contributed by atoms with E-state index < -0.39 is 0 Å². The average molecular weight is 354 g/mol. The molecule has 5 heteroatoms. The Kier molecular flexibility index (Phi) is 5.44. The summed E-state index contributed by atoms with van der Waals surface area (Å²) in [6, 6.07) is 10.2. The molecule has 0 saturated heterocycles. The number of rotatable bonds is 6. The Bertz CT molecular complexity index is 619. The van der Waals surface area contributed by atoms with E-state index in [4.69, 9.17) is 9.47 Å². The zero-order chi connectivity index (χ0) is 15.2. The highest BCUT2D eigenvalue weighted by Gasteiger charge is 2.06. The molecular weight excluding hydrogens is 337 g/mol. The standard InChI is InChI=1S/C16H17BrFNO2/c1-3-21-15-7-5-13(9-16(15)20-2)19-10-11-8-12(18)4-6-14(11)17/h4-9,19H,3,10H2,1-2H3. The van der Waals surface area contributed by atoms with Gasteiger partial charge in [-0.1, -0.05) is 15.9 Å². The highest BCUT2D eigenvalue weighted by atomic mass is 79.9. The molecule has 0 aliphatic heterocycles. The van der Waals surface area contributed by atoms with E-state index in [1.807, 2.05) is 25.1 Å². The van der Waals surface area contributed by atoms with Crippen LogP contribution in [0.25, 0.3) is 0 Å². The van der Waals surface area contributed by atoms with Crippen molar-refractivity contribution < 1.29 is 13.9 Å². The first kappa shape index (κ1) is 15.6. The van der Waals surface area contributed by atoms with Gasteiger partial charge in [-0.25, -0.2) is 4.39 Å². The quantitative estimate of drug-likeness (QED) is 0.822. The molecule has 0 aromatic heterocycles. The molecule has 0 spiro atoms. The van der Waals surface area contributed by atoms with Crippen molar-refractivity contribution in [2.75, 3.05) is 19.0 Å². The predicted octanol–water partition coefficient (Wildman–Crippen LogP) is 4.61. The minimum Gasteiger partial charge on any atom is -0.493 e. The van der Waals surface area contributed by atoms with Gasteiger partial charge in [0.1, 0.15) is 5.82 Å². The molecule has 3 nitrogen and oxygen atoms in total. The van der Waals surface area contributed by atoms with Crippen LogP contribution in [0.2, 0.25) is 0 Å². The maximum atomic E-state index is 13.2. The molecule has 2 aromatic carbocycles. The van der Waals surface area contributed by atoms with Crippen molar-refractivity contribution >= 4 is 21.6 Å². The van der Waals surface area contributed by atoms with Crippen LogP contribution >= 0.6 is 15.9 Å². The Morgan fingerprint density at radius 3 is 2.67 bits per heavy atom. The van der Waals surface area contributed by atoms with Crippen LogP contribution in [0, 0.1) is 5.82 Å². The molecule has 2 rings (SSSR count). The molecule has 0 heterocycles. The monoisotopic (exact) mass is 353 g/mol. The summed E-state index contributed by atoms with van der Waals surface area (Å²) < 4.78 is 24.9. The molecule has 0 saturated carbocycles. The van der Waals surface area contributed by atoms with E-state index >= 15 is 0 Å². The summed E-state index contributed by atoms with van der Waals surface area (Å²) in [6.45, 7) is 3.02. The van der Waals surface area contributed by atoms with Gasteiger partial charge in [0.15, 0.2) is 11.5 Å². The lowest BCUT2D eigenvalue weighted by Gasteiger charge is -2.13. The Morgan fingerprint density at radius 2 is 1.95 bits per heavy atom. The lowest BCUT2D eigenvalue weighted by atomic mass is 10.2. The van der Waals surface area contributed by atoms with Crippen LogP contribution in [0.1, 0.15) is 12.5 Å². The number of methoxy groups -OCH3 is 1. The van der Waals surface area contributed by atoms with E-state index in [0.29, 0.717) is 24.7 Å². The highest BCUT2D eigenvalue weighted by Crippen LogP contribution is 2.30. The second-order valence-electron chi connectivity index (χ2n) is 4.39. The van der Waals surface area contributed by atoms with Gasteiger partial charge in [0.05, 0.1) is 13.7 Å². The van der Waals surface area contributed by atoms with Crippen LogP contribution in [0.15, 0.2) is 40.9 Å². The number of benzene rings is 2. The lowest BCUT2D eigenvalue weighted by molar-refractivity contribution is 0.311. The van der Waals surface area contributed by atoms with Crippen molar-refractivity contribution in [3.63, 3.8) is 0 Å². The number of hydrogen-bond donors (Lipinski definition) is 1. The van der Waals surface area contributed by atoms with Crippen LogP contribution in [-0.4, -0.2) is 13.7 Å². The van der Waals surface area contributed by atoms with Crippen molar-refractivity contribution in [1.29, 1.82) is 0 Å². The topological polar surface area (TPSA) is 30.5 Å². The normalized spacial score (nSPS) is 10.3. The SMILES string of the molecule is CCOc1ccc(NCc2cc(F)ccc2Br)cc1OC. The van der Waals surface area contributed by atoms with Gasteiger partial charge >= 0.3 is 0 Å². The number of anilines is 1. The molecule has 0 fully saturated rings. The van der Waals surface area contributed by atoms with Crippen molar-refractivity contribution in [2.45, 2.75) is 13.5 Å². The maximum absolute atomic E-state index is 13.2. The van der Waals surface area contributed by atoms with Gasteiger partial charge in [0, 0.05) is 22.8 Å². The second kappa shape index (κ2) is 7.31. The molecule has 1 N–H and O–H groups in total. The zero-order valence-electron chi connectivity index (χ0n) is 12.0.